The smallest absolute Gasteiger partial charge is 0.274 e. The van der Waals surface area contributed by atoms with E-state index in [-0.39, 0.29) is 17.4 Å². The van der Waals surface area contributed by atoms with E-state index in [4.69, 9.17) is 4.74 Å². The molecule has 0 fully saturated rings. The van der Waals surface area contributed by atoms with Crippen molar-refractivity contribution in [2.75, 3.05) is 17.7 Å². The summed E-state index contributed by atoms with van der Waals surface area (Å²) in [4.78, 5) is 16.4. The number of hydrogen-bond donors (Lipinski definition) is 2. The molecule has 6 heteroatoms. The monoisotopic (exact) mass is 351 g/mol. The van der Waals surface area contributed by atoms with E-state index in [0.717, 1.165) is 16.9 Å². The molecule has 1 amide bonds. The number of benzene rings is 2. The van der Waals surface area contributed by atoms with Crippen LogP contribution in [0.3, 0.4) is 0 Å². The molecule has 0 aliphatic rings. The molecular formula is C20H18FN3O2. The Labute approximate surface area is 150 Å². The number of aromatic nitrogens is 1. The number of aryl methyl sites for hydroxylation is 1. The number of halogens is 1. The van der Waals surface area contributed by atoms with Crippen LogP contribution in [-0.4, -0.2) is 18.0 Å². The van der Waals surface area contributed by atoms with E-state index in [9.17, 15) is 9.18 Å². The molecule has 0 bridgehead atoms. The van der Waals surface area contributed by atoms with Gasteiger partial charge < -0.3 is 15.4 Å². The maximum Gasteiger partial charge on any atom is 0.274 e. The normalized spacial score (nSPS) is 10.3. The molecule has 2 aromatic carbocycles. The van der Waals surface area contributed by atoms with E-state index in [1.807, 2.05) is 25.1 Å². The third-order valence-corrected chi connectivity index (χ3v) is 3.73. The molecule has 1 heterocycles. The van der Waals surface area contributed by atoms with Crippen LogP contribution in [0.15, 0.2) is 60.8 Å². The minimum absolute atomic E-state index is 0.260. The summed E-state index contributed by atoms with van der Waals surface area (Å²) in [5.74, 6) is -0.00634. The first kappa shape index (κ1) is 17.4. The summed E-state index contributed by atoms with van der Waals surface area (Å²) in [7, 11) is 1.61. The lowest BCUT2D eigenvalue weighted by molar-refractivity contribution is 0.102. The van der Waals surface area contributed by atoms with Crippen molar-refractivity contribution < 1.29 is 13.9 Å². The molecule has 0 saturated heterocycles. The number of pyridine rings is 1. The van der Waals surface area contributed by atoms with E-state index in [0.29, 0.717) is 11.4 Å². The van der Waals surface area contributed by atoms with Gasteiger partial charge in [0.1, 0.15) is 17.3 Å². The zero-order chi connectivity index (χ0) is 18.5. The highest BCUT2D eigenvalue weighted by atomic mass is 19.1. The molecule has 26 heavy (non-hydrogen) atoms. The molecule has 3 rings (SSSR count). The molecule has 0 aliphatic carbocycles. The van der Waals surface area contributed by atoms with Gasteiger partial charge in [0.15, 0.2) is 0 Å². The minimum atomic E-state index is -0.365. The largest absolute Gasteiger partial charge is 0.495 e. The highest BCUT2D eigenvalue weighted by Gasteiger charge is 2.09. The maximum absolute atomic E-state index is 12.9. The number of carbonyl (C=O) groups excluding carboxylic acids is 1. The van der Waals surface area contributed by atoms with Gasteiger partial charge in [-0.05, 0) is 61.0 Å². The summed E-state index contributed by atoms with van der Waals surface area (Å²) >= 11 is 0. The number of rotatable bonds is 5. The first-order valence-electron chi connectivity index (χ1n) is 8.00. The van der Waals surface area contributed by atoms with Crippen LogP contribution in [0.2, 0.25) is 0 Å². The predicted octanol–water partition coefficient (Wildman–Crippen LogP) is 4.53. The molecule has 2 N–H and O–H groups in total. The van der Waals surface area contributed by atoms with Crippen LogP contribution < -0.4 is 15.4 Å². The Hall–Kier alpha value is -3.41. The van der Waals surface area contributed by atoms with E-state index in [2.05, 4.69) is 15.6 Å². The number of nitrogens with zero attached hydrogens (tertiary/aromatic N) is 1. The predicted molar refractivity (Wildman–Crippen MR) is 99.6 cm³/mol. The van der Waals surface area contributed by atoms with Gasteiger partial charge in [0, 0.05) is 5.69 Å². The standard InChI is InChI=1S/C20H18FN3O2/c1-13-3-10-19(26-2)18(11-13)23-16-8-9-17(22-12-16)20(25)24-15-6-4-14(21)5-7-15/h3-12,23H,1-2H3,(H,24,25). The number of anilines is 3. The third kappa shape index (κ3) is 4.16. The average molecular weight is 351 g/mol. The van der Waals surface area contributed by atoms with Crippen LogP contribution in [0, 0.1) is 12.7 Å². The molecule has 3 aromatic rings. The van der Waals surface area contributed by atoms with Gasteiger partial charge in [0.2, 0.25) is 0 Å². The van der Waals surface area contributed by atoms with Crippen LogP contribution in [-0.2, 0) is 0 Å². The third-order valence-electron chi connectivity index (χ3n) is 3.73. The molecule has 0 radical (unpaired) electrons. The zero-order valence-electron chi connectivity index (χ0n) is 14.4. The number of carbonyl (C=O) groups is 1. The Balaban J connectivity index is 1.71. The molecule has 5 nitrogen and oxygen atoms in total. The molecule has 1 aromatic heterocycles. The second-order valence-electron chi connectivity index (χ2n) is 5.72. The fourth-order valence-corrected chi connectivity index (χ4v) is 2.41. The van der Waals surface area contributed by atoms with E-state index >= 15 is 0 Å². The lowest BCUT2D eigenvalue weighted by atomic mass is 10.2. The van der Waals surface area contributed by atoms with Crippen molar-refractivity contribution in [3.8, 4) is 5.75 Å². The quantitative estimate of drug-likeness (QED) is 0.709. The highest BCUT2D eigenvalue weighted by molar-refractivity contribution is 6.02. The molecule has 0 unspecified atom stereocenters. The zero-order valence-corrected chi connectivity index (χ0v) is 14.4. The summed E-state index contributed by atoms with van der Waals surface area (Å²) in [6, 6.07) is 14.7. The average Bonchev–Trinajstić information content (AvgIpc) is 2.64. The molecule has 0 atom stereocenters. The van der Waals surface area contributed by atoms with Crippen LogP contribution in [0.1, 0.15) is 16.1 Å². The van der Waals surface area contributed by atoms with Gasteiger partial charge in [0.05, 0.1) is 24.7 Å². The topological polar surface area (TPSA) is 63.2 Å². The van der Waals surface area contributed by atoms with Crippen molar-refractivity contribution in [3.63, 3.8) is 0 Å². The van der Waals surface area contributed by atoms with Gasteiger partial charge in [-0.3, -0.25) is 4.79 Å². The van der Waals surface area contributed by atoms with Crippen molar-refractivity contribution in [1.82, 2.24) is 4.98 Å². The lowest BCUT2D eigenvalue weighted by Gasteiger charge is -2.12. The second kappa shape index (κ2) is 7.65. The molecule has 0 aliphatic heterocycles. The Kier molecular flexibility index (Phi) is 5.12. The summed E-state index contributed by atoms with van der Waals surface area (Å²) < 4.78 is 18.2. The van der Waals surface area contributed by atoms with Crippen molar-refractivity contribution in [3.05, 3.63) is 77.9 Å². The van der Waals surface area contributed by atoms with E-state index < -0.39 is 0 Å². The molecule has 0 saturated carbocycles. The molecule has 0 spiro atoms. The maximum atomic E-state index is 12.9. The van der Waals surface area contributed by atoms with Gasteiger partial charge in [-0.1, -0.05) is 6.07 Å². The van der Waals surface area contributed by atoms with Crippen molar-refractivity contribution in [2.45, 2.75) is 6.92 Å². The van der Waals surface area contributed by atoms with Gasteiger partial charge in [0.25, 0.3) is 5.91 Å². The van der Waals surface area contributed by atoms with Crippen molar-refractivity contribution >= 4 is 23.0 Å². The number of methoxy groups -OCH3 is 1. The van der Waals surface area contributed by atoms with E-state index in [1.54, 1.807) is 25.4 Å². The number of nitrogens with one attached hydrogen (secondary N) is 2. The summed E-state index contributed by atoms with van der Waals surface area (Å²) in [6.45, 7) is 1.99. The summed E-state index contributed by atoms with van der Waals surface area (Å²) in [5, 5.41) is 5.90. The highest BCUT2D eigenvalue weighted by Crippen LogP contribution is 2.28. The van der Waals surface area contributed by atoms with Gasteiger partial charge in [-0.25, -0.2) is 9.37 Å². The van der Waals surface area contributed by atoms with E-state index in [1.165, 1.54) is 24.3 Å². The Bertz CT molecular complexity index is 909. The Morgan fingerprint density at radius 2 is 1.77 bits per heavy atom. The SMILES string of the molecule is COc1ccc(C)cc1Nc1ccc(C(=O)Nc2ccc(F)cc2)nc1. The van der Waals surface area contributed by atoms with Crippen LogP contribution in [0.5, 0.6) is 5.75 Å². The van der Waals surface area contributed by atoms with Crippen LogP contribution >= 0.6 is 0 Å². The lowest BCUT2D eigenvalue weighted by Crippen LogP contribution is -2.13. The Morgan fingerprint density at radius 3 is 2.42 bits per heavy atom. The first-order valence-corrected chi connectivity index (χ1v) is 8.00. The van der Waals surface area contributed by atoms with Gasteiger partial charge >= 0.3 is 0 Å². The van der Waals surface area contributed by atoms with Crippen LogP contribution in [0.25, 0.3) is 0 Å². The summed E-state index contributed by atoms with van der Waals surface area (Å²) in [6.07, 6.45) is 1.57. The number of ether oxygens (including phenoxy) is 1. The fourth-order valence-electron chi connectivity index (χ4n) is 2.41. The first-order chi connectivity index (χ1) is 12.5. The van der Waals surface area contributed by atoms with Gasteiger partial charge in [-0.15, -0.1) is 0 Å². The second-order valence-corrected chi connectivity index (χ2v) is 5.72. The van der Waals surface area contributed by atoms with Crippen molar-refractivity contribution in [2.24, 2.45) is 0 Å². The Morgan fingerprint density at radius 1 is 1.04 bits per heavy atom. The fraction of sp³-hybridized carbons (Fsp3) is 0.100. The van der Waals surface area contributed by atoms with Crippen LogP contribution in [0.4, 0.5) is 21.5 Å². The minimum Gasteiger partial charge on any atom is -0.495 e. The number of hydrogen-bond acceptors (Lipinski definition) is 4. The van der Waals surface area contributed by atoms with Gasteiger partial charge in [-0.2, -0.15) is 0 Å². The van der Waals surface area contributed by atoms with Crippen molar-refractivity contribution in [1.29, 1.82) is 0 Å². The molecular weight excluding hydrogens is 333 g/mol. The number of amides is 1. The molecule has 132 valence electrons. The summed E-state index contributed by atoms with van der Waals surface area (Å²) in [5.41, 5.74) is 3.41.